The molecule has 2 heterocycles. The van der Waals surface area contributed by atoms with Crippen LogP contribution in [-0.2, 0) is 0 Å². The summed E-state index contributed by atoms with van der Waals surface area (Å²) in [5.74, 6) is 0. The molecule has 43 valence electrons. The number of nitrogens with zero attached hydrogens (tertiary/aromatic N) is 2. The first-order chi connectivity index (χ1) is 4.47. The highest BCUT2D eigenvalue weighted by Crippen LogP contribution is 1.98. The largest absolute Gasteiger partial charge is 0.299 e. The van der Waals surface area contributed by atoms with E-state index >= 15 is 0 Å². The van der Waals surface area contributed by atoms with E-state index in [0.29, 0.717) is 0 Å². The molecule has 2 aromatic rings. The van der Waals surface area contributed by atoms with Crippen LogP contribution < -0.4 is 0 Å². The summed E-state index contributed by atoms with van der Waals surface area (Å²) in [5.41, 5.74) is 1.13. The van der Waals surface area contributed by atoms with E-state index in [-0.39, 0.29) is 0 Å². The van der Waals surface area contributed by atoms with Crippen molar-refractivity contribution in [1.82, 2.24) is 9.38 Å². The Morgan fingerprint density at radius 3 is 3.33 bits per heavy atom. The van der Waals surface area contributed by atoms with E-state index in [0.717, 1.165) is 5.52 Å². The minimum atomic E-state index is 1.13. The summed E-state index contributed by atoms with van der Waals surface area (Å²) in [4.78, 5) is 3.82. The molecule has 0 amide bonds. The molecule has 2 nitrogen and oxygen atoms in total. The molecular weight excluding hydrogens is 112 g/mol. The van der Waals surface area contributed by atoms with Gasteiger partial charge in [0.25, 0.3) is 0 Å². The van der Waals surface area contributed by atoms with Gasteiger partial charge >= 0.3 is 0 Å². The van der Waals surface area contributed by atoms with Gasteiger partial charge in [-0.1, -0.05) is 0 Å². The zero-order chi connectivity index (χ0) is 6.10. The van der Waals surface area contributed by atoms with Gasteiger partial charge < -0.3 is 0 Å². The van der Waals surface area contributed by atoms with Gasteiger partial charge in [0.2, 0.25) is 0 Å². The molecular formula is C7H5N2. The second kappa shape index (κ2) is 1.58. The van der Waals surface area contributed by atoms with E-state index in [1.165, 1.54) is 0 Å². The fraction of sp³-hybridized carbons (Fsp3) is 0. The van der Waals surface area contributed by atoms with E-state index in [1.807, 2.05) is 28.8 Å². The summed E-state index contributed by atoms with van der Waals surface area (Å²) in [6.07, 6.45) is 6.45. The lowest BCUT2D eigenvalue weighted by Gasteiger charge is -1.86. The monoisotopic (exact) mass is 117 g/mol. The number of fused-ring (bicyclic) bond motifs is 1. The van der Waals surface area contributed by atoms with Crippen molar-refractivity contribution >= 4 is 5.52 Å². The maximum Gasteiger partial charge on any atom is 0.181 e. The Morgan fingerprint density at radius 2 is 2.44 bits per heavy atom. The van der Waals surface area contributed by atoms with Crippen LogP contribution >= 0.6 is 0 Å². The molecule has 0 atom stereocenters. The van der Waals surface area contributed by atoms with E-state index in [2.05, 4.69) is 11.3 Å². The second-order valence-electron chi connectivity index (χ2n) is 1.85. The zero-order valence-electron chi connectivity index (χ0n) is 4.78. The Balaban J connectivity index is 2.95. The molecule has 0 saturated carbocycles. The average Bonchev–Trinajstić information content (AvgIpc) is 2.33. The molecule has 2 rings (SSSR count). The average molecular weight is 117 g/mol. The quantitative estimate of drug-likeness (QED) is 0.505. The first kappa shape index (κ1) is 4.56. The summed E-state index contributed by atoms with van der Waals surface area (Å²) >= 11 is 0. The van der Waals surface area contributed by atoms with Gasteiger partial charge in [-0.25, -0.2) is 4.98 Å². The number of hydrogen-bond acceptors (Lipinski definition) is 1. The third-order valence-electron chi connectivity index (χ3n) is 1.27. The van der Waals surface area contributed by atoms with E-state index < -0.39 is 0 Å². The van der Waals surface area contributed by atoms with Gasteiger partial charge in [-0.3, -0.25) is 4.40 Å². The molecule has 2 aromatic heterocycles. The number of aromatic nitrogens is 2. The second-order valence-corrected chi connectivity index (χ2v) is 1.85. The highest BCUT2D eigenvalue weighted by atomic mass is 14.9. The van der Waals surface area contributed by atoms with Crippen molar-refractivity contribution in [2.45, 2.75) is 0 Å². The SMILES string of the molecule is [c]1nccc2cccn12. The summed E-state index contributed by atoms with van der Waals surface area (Å²) in [6.45, 7) is 0. The molecule has 0 unspecified atom stereocenters. The van der Waals surface area contributed by atoms with Crippen LogP contribution in [0.25, 0.3) is 5.52 Å². The Hall–Kier alpha value is -1.31. The third kappa shape index (κ3) is 0.598. The van der Waals surface area contributed by atoms with Gasteiger partial charge in [-0.15, -0.1) is 0 Å². The third-order valence-corrected chi connectivity index (χ3v) is 1.27. The predicted octanol–water partition coefficient (Wildman–Crippen LogP) is 1.13. The van der Waals surface area contributed by atoms with Crippen molar-refractivity contribution in [3.05, 3.63) is 36.9 Å². The van der Waals surface area contributed by atoms with Gasteiger partial charge in [0.05, 0.1) is 0 Å². The smallest absolute Gasteiger partial charge is 0.181 e. The van der Waals surface area contributed by atoms with Crippen LogP contribution in [-0.4, -0.2) is 9.38 Å². The Bertz CT molecular complexity index is 281. The van der Waals surface area contributed by atoms with Crippen LogP contribution in [0, 0.1) is 6.33 Å². The van der Waals surface area contributed by atoms with E-state index in [9.17, 15) is 0 Å². The molecule has 0 aromatic carbocycles. The van der Waals surface area contributed by atoms with Crippen molar-refractivity contribution in [1.29, 1.82) is 0 Å². The first-order valence-corrected chi connectivity index (χ1v) is 2.76. The minimum Gasteiger partial charge on any atom is -0.299 e. The summed E-state index contributed by atoms with van der Waals surface area (Å²) in [7, 11) is 0. The Labute approximate surface area is 52.8 Å². The lowest BCUT2D eigenvalue weighted by molar-refractivity contribution is 1.08. The van der Waals surface area contributed by atoms with E-state index in [4.69, 9.17) is 0 Å². The van der Waals surface area contributed by atoms with Crippen LogP contribution in [0.15, 0.2) is 30.6 Å². The predicted molar refractivity (Wildman–Crippen MR) is 34.0 cm³/mol. The molecule has 2 heteroatoms. The fourth-order valence-electron chi connectivity index (χ4n) is 0.830. The van der Waals surface area contributed by atoms with Crippen LogP contribution in [0.2, 0.25) is 0 Å². The van der Waals surface area contributed by atoms with Gasteiger partial charge in [-0.05, 0) is 18.2 Å². The normalized spacial score (nSPS) is 10.2. The summed E-state index contributed by atoms with van der Waals surface area (Å²) < 4.78 is 1.85. The van der Waals surface area contributed by atoms with Gasteiger partial charge in [0.15, 0.2) is 6.33 Å². The number of hydrogen-bond donors (Lipinski definition) is 0. The van der Waals surface area contributed by atoms with Gasteiger partial charge in [0, 0.05) is 17.9 Å². The van der Waals surface area contributed by atoms with Gasteiger partial charge in [-0.2, -0.15) is 0 Å². The zero-order valence-corrected chi connectivity index (χ0v) is 4.78. The molecule has 0 N–H and O–H groups in total. The maximum absolute atomic E-state index is 3.82. The van der Waals surface area contributed by atoms with E-state index in [1.54, 1.807) is 6.20 Å². The molecule has 0 spiro atoms. The van der Waals surface area contributed by atoms with Crippen molar-refractivity contribution in [2.75, 3.05) is 0 Å². The number of rotatable bonds is 0. The van der Waals surface area contributed by atoms with Crippen molar-refractivity contribution in [3.63, 3.8) is 0 Å². The molecule has 0 aliphatic carbocycles. The van der Waals surface area contributed by atoms with Crippen LogP contribution in [0.4, 0.5) is 0 Å². The molecule has 0 aliphatic rings. The molecule has 0 bridgehead atoms. The Kier molecular flexibility index (Phi) is 0.803. The highest BCUT2D eigenvalue weighted by molar-refractivity contribution is 5.45. The molecule has 0 fully saturated rings. The first-order valence-electron chi connectivity index (χ1n) is 2.76. The lowest BCUT2D eigenvalue weighted by Crippen LogP contribution is -1.81. The fourth-order valence-corrected chi connectivity index (χ4v) is 0.830. The Morgan fingerprint density at radius 1 is 1.44 bits per heavy atom. The lowest BCUT2D eigenvalue weighted by atomic mass is 10.5. The van der Waals surface area contributed by atoms with Crippen molar-refractivity contribution < 1.29 is 0 Å². The minimum absolute atomic E-state index is 1.13. The van der Waals surface area contributed by atoms with Crippen molar-refractivity contribution in [2.24, 2.45) is 0 Å². The summed E-state index contributed by atoms with van der Waals surface area (Å²) in [5, 5.41) is 0. The van der Waals surface area contributed by atoms with Crippen molar-refractivity contribution in [3.8, 4) is 0 Å². The highest BCUT2D eigenvalue weighted by Gasteiger charge is 1.85. The topological polar surface area (TPSA) is 17.3 Å². The van der Waals surface area contributed by atoms with Crippen LogP contribution in [0.3, 0.4) is 0 Å². The van der Waals surface area contributed by atoms with Crippen LogP contribution in [0.1, 0.15) is 0 Å². The summed E-state index contributed by atoms with van der Waals surface area (Å²) in [6, 6.07) is 5.92. The maximum atomic E-state index is 3.82. The standard InChI is InChI=1S/C7H5N2/c1-2-7-3-4-8-6-9(7)5-1/h1-5H. The molecule has 9 heavy (non-hydrogen) atoms. The molecule has 0 aliphatic heterocycles. The van der Waals surface area contributed by atoms with Crippen LogP contribution in [0.5, 0.6) is 0 Å². The van der Waals surface area contributed by atoms with Gasteiger partial charge in [0.1, 0.15) is 0 Å². The molecule has 0 saturated heterocycles. The molecule has 1 radical (unpaired) electrons.